The fraction of sp³-hybridized carbons (Fsp3) is 0.265. The van der Waals surface area contributed by atoms with Crippen LogP contribution in [-0.4, -0.2) is 57.0 Å². The van der Waals surface area contributed by atoms with Gasteiger partial charge in [0.2, 0.25) is 0 Å². The van der Waals surface area contributed by atoms with E-state index in [4.69, 9.17) is 15.5 Å². The van der Waals surface area contributed by atoms with E-state index in [0.717, 1.165) is 43.8 Å². The lowest BCUT2D eigenvalue weighted by atomic mass is 9.98. The third kappa shape index (κ3) is 6.07. The average Bonchev–Trinajstić information content (AvgIpc) is 3.29. The fourth-order valence-corrected chi connectivity index (χ4v) is 5.90. The molecule has 1 atom stereocenters. The number of ether oxygens (including phenoxy) is 1. The van der Waals surface area contributed by atoms with Gasteiger partial charge in [0.1, 0.15) is 22.8 Å². The van der Waals surface area contributed by atoms with E-state index in [0.29, 0.717) is 40.1 Å². The minimum atomic E-state index is -0.481. The highest BCUT2D eigenvalue weighted by molar-refractivity contribution is 6.05. The molecular formula is C34H36N8O3. The zero-order valence-electron chi connectivity index (χ0n) is 25.6. The number of piperidine rings is 1. The number of para-hydroxylation sites is 1. The van der Waals surface area contributed by atoms with Crippen LogP contribution in [0.15, 0.2) is 83.9 Å². The van der Waals surface area contributed by atoms with Crippen molar-refractivity contribution in [2.75, 3.05) is 42.8 Å². The molecule has 45 heavy (non-hydrogen) atoms. The molecule has 1 unspecified atom stereocenters. The van der Waals surface area contributed by atoms with Gasteiger partial charge in [-0.15, -0.1) is 0 Å². The van der Waals surface area contributed by atoms with E-state index < -0.39 is 5.91 Å². The fourth-order valence-electron chi connectivity index (χ4n) is 5.90. The van der Waals surface area contributed by atoms with E-state index >= 15 is 0 Å². The first-order valence-electron chi connectivity index (χ1n) is 14.9. The third-order valence-electron chi connectivity index (χ3n) is 8.29. The lowest BCUT2D eigenvalue weighted by molar-refractivity contribution is 0.102. The van der Waals surface area contributed by atoms with Crippen molar-refractivity contribution in [3.8, 4) is 28.3 Å². The van der Waals surface area contributed by atoms with E-state index in [9.17, 15) is 9.59 Å². The number of nitrogens with two attached hydrogens (primary N) is 1. The quantitative estimate of drug-likeness (QED) is 0.260. The summed E-state index contributed by atoms with van der Waals surface area (Å²) in [5, 5.41) is 2.86. The molecule has 3 aromatic heterocycles. The molecule has 2 aromatic carbocycles. The van der Waals surface area contributed by atoms with Gasteiger partial charge in [-0.25, -0.2) is 14.6 Å². The van der Waals surface area contributed by atoms with Crippen LogP contribution >= 0.6 is 0 Å². The minimum Gasteiger partial charge on any atom is -0.384 e. The molecule has 5 aromatic rings. The zero-order valence-corrected chi connectivity index (χ0v) is 25.6. The molecule has 11 nitrogen and oxygen atoms in total. The number of hydrogen-bond donors (Lipinski definition) is 2. The van der Waals surface area contributed by atoms with E-state index in [1.54, 1.807) is 50.3 Å². The van der Waals surface area contributed by atoms with Crippen molar-refractivity contribution in [1.82, 2.24) is 24.3 Å². The van der Waals surface area contributed by atoms with Crippen LogP contribution in [0, 0.1) is 12.8 Å². The van der Waals surface area contributed by atoms with Gasteiger partial charge in [0, 0.05) is 50.4 Å². The van der Waals surface area contributed by atoms with Crippen molar-refractivity contribution in [3.05, 3.63) is 101 Å². The molecule has 6 rings (SSSR count). The van der Waals surface area contributed by atoms with Crippen molar-refractivity contribution in [1.29, 1.82) is 0 Å². The average molecular weight is 605 g/mol. The van der Waals surface area contributed by atoms with Crippen molar-refractivity contribution in [2.24, 2.45) is 13.0 Å². The minimum absolute atomic E-state index is 0.0849. The van der Waals surface area contributed by atoms with E-state index in [1.807, 2.05) is 54.6 Å². The van der Waals surface area contributed by atoms with Crippen molar-refractivity contribution in [2.45, 2.75) is 19.8 Å². The van der Waals surface area contributed by atoms with Crippen LogP contribution in [0.3, 0.4) is 0 Å². The van der Waals surface area contributed by atoms with Crippen molar-refractivity contribution < 1.29 is 9.53 Å². The smallest absolute Gasteiger partial charge is 0.284 e. The van der Waals surface area contributed by atoms with E-state index in [1.165, 1.54) is 4.68 Å². The predicted octanol–water partition coefficient (Wildman–Crippen LogP) is 4.70. The number of pyridine rings is 1. The van der Waals surface area contributed by atoms with Crippen molar-refractivity contribution in [3.63, 3.8) is 0 Å². The summed E-state index contributed by atoms with van der Waals surface area (Å²) in [5.41, 5.74) is 11.4. The van der Waals surface area contributed by atoms with Crippen LogP contribution in [0.5, 0.6) is 0 Å². The topological polar surface area (TPSA) is 133 Å². The molecule has 0 bridgehead atoms. The molecule has 1 amide bonds. The van der Waals surface area contributed by atoms with Gasteiger partial charge in [-0.2, -0.15) is 0 Å². The Hall–Kier alpha value is -5.29. The Labute approximate surface area is 261 Å². The molecule has 1 aliphatic heterocycles. The Kier molecular flexibility index (Phi) is 8.43. The second kappa shape index (κ2) is 12.7. The second-order valence-electron chi connectivity index (χ2n) is 11.3. The molecule has 1 aliphatic rings. The van der Waals surface area contributed by atoms with Gasteiger partial charge in [-0.3, -0.25) is 19.3 Å². The number of carbonyl (C=O) groups is 1. The maximum Gasteiger partial charge on any atom is 0.284 e. The van der Waals surface area contributed by atoms with E-state index in [2.05, 4.69) is 20.2 Å². The number of aromatic nitrogens is 5. The number of hydrogen-bond acceptors (Lipinski definition) is 8. The van der Waals surface area contributed by atoms with Gasteiger partial charge in [0.25, 0.3) is 11.5 Å². The lowest BCUT2D eigenvalue weighted by Gasteiger charge is -2.34. The standard InChI is InChI=1S/C34H36N8O3/c1-22-30(34(44)42(40(22)2)26-9-5-4-6-10-26)33(43)38-25-13-11-24(12-14-25)31-32(35)37-19-29(39-31)28-18-27(15-16-36-28)41-17-7-8-23(20-41)21-45-3/h4-6,9-16,18-19,23H,7-8,17,20-21H2,1-3H3,(H2,35,37)(H,38,43). The molecule has 1 fully saturated rings. The van der Waals surface area contributed by atoms with Crippen molar-refractivity contribution >= 4 is 23.1 Å². The Bertz CT molecular complexity index is 1880. The van der Waals surface area contributed by atoms with Gasteiger partial charge in [-0.05, 0) is 62.1 Å². The zero-order chi connectivity index (χ0) is 31.5. The maximum atomic E-state index is 13.3. The Morgan fingerprint density at radius 3 is 2.58 bits per heavy atom. The van der Waals surface area contributed by atoms with E-state index in [-0.39, 0.29) is 16.9 Å². The first kappa shape index (κ1) is 29.8. The first-order chi connectivity index (χ1) is 21.8. The third-order valence-corrected chi connectivity index (χ3v) is 8.29. The highest BCUT2D eigenvalue weighted by atomic mass is 16.5. The highest BCUT2D eigenvalue weighted by Gasteiger charge is 2.23. The van der Waals surface area contributed by atoms with Gasteiger partial charge < -0.3 is 20.7 Å². The van der Waals surface area contributed by atoms with Crippen LogP contribution in [0.2, 0.25) is 0 Å². The van der Waals surface area contributed by atoms with Crippen LogP contribution in [0.4, 0.5) is 17.2 Å². The number of nitrogens with one attached hydrogen (secondary N) is 1. The van der Waals surface area contributed by atoms with Gasteiger partial charge in [0.15, 0.2) is 0 Å². The van der Waals surface area contributed by atoms with Crippen LogP contribution in [-0.2, 0) is 11.8 Å². The molecule has 1 saturated heterocycles. The molecule has 11 heteroatoms. The van der Waals surface area contributed by atoms with Gasteiger partial charge >= 0.3 is 0 Å². The second-order valence-corrected chi connectivity index (χ2v) is 11.3. The summed E-state index contributed by atoms with van der Waals surface area (Å²) in [6, 6.07) is 20.4. The summed E-state index contributed by atoms with van der Waals surface area (Å²) in [5.74, 6) is 0.303. The van der Waals surface area contributed by atoms with Crippen LogP contribution in [0.1, 0.15) is 28.9 Å². The summed E-state index contributed by atoms with van der Waals surface area (Å²) >= 11 is 0. The molecule has 3 N–H and O–H groups in total. The number of carbonyl (C=O) groups excluding carboxylic acids is 1. The highest BCUT2D eigenvalue weighted by Crippen LogP contribution is 2.29. The maximum absolute atomic E-state index is 13.3. The molecule has 4 heterocycles. The summed E-state index contributed by atoms with van der Waals surface area (Å²) in [4.78, 5) is 42.7. The number of anilines is 3. The Balaban J connectivity index is 1.21. The summed E-state index contributed by atoms with van der Waals surface area (Å²) in [7, 11) is 3.51. The molecule has 230 valence electrons. The number of benzene rings is 2. The summed E-state index contributed by atoms with van der Waals surface area (Å²) in [6.07, 6.45) is 5.71. The SMILES string of the molecule is COCC1CCCN(c2ccnc(-c3cnc(N)c(-c4ccc(NC(=O)c5c(C)n(C)n(-c6ccccc6)c5=O)cc4)n3)c2)C1. The number of amides is 1. The number of nitrogens with zero attached hydrogens (tertiary/aromatic N) is 6. The predicted molar refractivity (Wildman–Crippen MR) is 176 cm³/mol. The largest absolute Gasteiger partial charge is 0.384 e. The van der Waals surface area contributed by atoms with Gasteiger partial charge in [-0.1, -0.05) is 30.3 Å². The number of methoxy groups -OCH3 is 1. The number of nitrogen functional groups attached to an aromatic ring is 1. The Morgan fingerprint density at radius 2 is 1.82 bits per heavy atom. The monoisotopic (exact) mass is 604 g/mol. The van der Waals surface area contributed by atoms with Crippen LogP contribution in [0.25, 0.3) is 28.3 Å². The Morgan fingerprint density at radius 1 is 1.04 bits per heavy atom. The van der Waals surface area contributed by atoms with Crippen LogP contribution < -0.4 is 21.5 Å². The first-order valence-corrected chi connectivity index (χ1v) is 14.9. The molecule has 0 saturated carbocycles. The lowest BCUT2D eigenvalue weighted by Crippen LogP contribution is -2.37. The molecular weight excluding hydrogens is 568 g/mol. The van der Waals surface area contributed by atoms with Gasteiger partial charge in [0.05, 0.1) is 29.9 Å². The normalized spacial score (nSPS) is 14.8. The molecule has 0 radical (unpaired) electrons. The molecule has 0 aliphatic carbocycles. The molecule has 0 spiro atoms. The number of rotatable bonds is 8. The summed E-state index contributed by atoms with van der Waals surface area (Å²) in [6.45, 7) is 4.43. The summed E-state index contributed by atoms with van der Waals surface area (Å²) < 4.78 is 8.56.